The number of quaternary nitrogens is 1. The number of likely N-dealkylation sites (N-methyl/N-ethyl adjacent to an activating group) is 1. The van der Waals surface area contributed by atoms with Crippen molar-refractivity contribution in [2.75, 3.05) is 26.8 Å². The minimum absolute atomic E-state index is 0.374. The van der Waals surface area contributed by atoms with Crippen molar-refractivity contribution in [1.29, 1.82) is 0 Å². The van der Waals surface area contributed by atoms with Crippen LogP contribution in [0.25, 0.3) is 0 Å². The molecule has 0 bridgehead atoms. The first-order chi connectivity index (χ1) is 6.35. The van der Waals surface area contributed by atoms with Gasteiger partial charge in [-0.25, -0.2) is 4.90 Å². The smallest absolute Gasteiger partial charge is 0.135 e. The van der Waals surface area contributed by atoms with Crippen LogP contribution in [0, 0.1) is 0 Å². The fourth-order valence-electron chi connectivity index (χ4n) is 2.18. The Morgan fingerprint density at radius 3 is 2.29 bits per heavy atom. The highest BCUT2D eigenvalue weighted by molar-refractivity contribution is 4.83. The zero-order chi connectivity index (χ0) is 11.0. The third-order valence-electron chi connectivity index (χ3n) is 4.49. The van der Waals surface area contributed by atoms with Gasteiger partial charge in [0, 0.05) is 5.54 Å². The Labute approximate surface area is 89.5 Å². The van der Waals surface area contributed by atoms with Gasteiger partial charge in [-0.15, -0.1) is 0 Å². The van der Waals surface area contributed by atoms with Crippen LogP contribution >= 0.6 is 0 Å². The SMILES string of the molecule is CCC(C)(C)N1CC(C)[N@@+](C)(CC)C1. The standard InChI is InChI=1S/C12H27N2/c1-7-12(4,5)13-9-11(3)14(6,8-2)10-13/h11H,7-10H2,1-6H3/q+1/t11?,14-/m0/s1. The molecule has 0 saturated carbocycles. The summed E-state index contributed by atoms with van der Waals surface area (Å²) in [6.45, 7) is 15.4. The van der Waals surface area contributed by atoms with Crippen molar-refractivity contribution in [3.05, 3.63) is 0 Å². The molecule has 0 N–H and O–H groups in total. The number of hydrogen-bond donors (Lipinski definition) is 0. The highest BCUT2D eigenvalue weighted by Crippen LogP contribution is 2.28. The van der Waals surface area contributed by atoms with Crippen LogP contribution in [0.15, 0.2) is 0 Å². The molecule has 0 aromatic rings. The predicted molar refractivity (Wildman–Crippen MR) is 62.1 cm³/mol. The molecule has 2 atom stereocenters. The van der Waals surface area contributed by atoms with Crippen LogP contribution in [-0.2, 0) is 0 Å². The van der Waals surface area contributed by atoms with Gasteiger partial charge >= 0.3 is 0 Å². The van der Waals surface area contributed by atoms with Gasteiger partial charge in [0.25, 0.3) is 0 Å². The molecule has 1 unspecified atom stereocenters. The third-order valence-corrected chi connectivity index (χ3v) is 4.49. The van der Waals surface area contributed by atoms with E-state index in [2.05, 4.69) is 46.6 Å². The molecule has 0 aliphatic carbocycles. The lowest BCUT2D eigenvalue weighted by atomic mass is 10.00. The van der Waals surface area contributed by atoms with Crippen molar-refractivity contribution in [2.45, 2.75) is 52.6 Å². The van der Waals surface area contributed by atoms with Gasteiger partial charge in [-0.3, -0.25) is 0 Å². The lowest BCUT2D eigenvalue weighted by Crippen LogP contribution is -2.49. The van der Waals surface area contributed by atoms with E-state index >= 15 is 0 Å². The second-order valence-electron chi connectivity index (χ2n) is 5.67. The van der Waals surface area contributed by atoms with E-state index in [4.69, 9.17) is 0 Å². The second-order valence-corrected chi connectivity index (χ2v) is 5.67. The molecule has 1 heterocycles. The summed E-state index contributed by atoms with van der Waals surface area (Å²) in [5, 5.41) is 0. The van der Waals surface area contributed by atoms with Gasteiger partial charge in [-0.2, -0.15) is 0 Å². The Hall–Kier alpha value is -0.0800. The van der Waals surface area contributed by atoms with E-state index in [-0.39, 0.29) is 0 Å². The van der Waals surface area contributed by atoms with Crippen molar-refractivity contribution < 1.29 is 4.48 Å². The van der Waals surface area contributed by atoms with Crippen LogP contribution in [0.1, 0.15) is 41.0 Å². The molecule has 1 saturated heterocycles. The molecule has 1 rings (SSSR count). The predicted octanol–water partition coefficient (Wildman–Crippen LogP) is 2.30. The third kappa shape index (κ3) is 1.96. The van der Waals surface area contributed by atoms with E-state index in [1.54, 1.807) is 0 Å². The molecule has 0 amide bonds. The molecular formula is C12H27N2+. The maximum atomic E-state index is 2.65. The molecule has 1 aliphatic rings. The molecule has 2 heteroatoms. The van der Waals surface area contributed by atoms with Crippen LogP contribution in [0.3, 0.4) is 0 Å². The summed E-state index contributed by atoms with van der Waals surface area (Å²) >= 11 is 0. The number of hydrogen-bond acceptors (Lipinski definition) is 1. The summed E-state index contributed by atoms with van der Waals surface area (Å²) in [6, 6.07) is 0.783. The first kappa shape index (κ1) is 12.0. The molecule has 1 aliphatic heterocycles. The average molecular weight is 199 g/mol. The first-order valence-electron chi connectivity index (χ1n) is 5.95. The molecule has 84 valence electrons. The van der Waals surface area contributed by atoms with Crippen molar-refractivity contribution in [3.8, 4) is 0 Å². The van der Waals surface area contributed by atoms with E-state index in [1.165, 1.54) is 30.7 Å². The normalized spacial score (nSPS) is 35.1. The average Bonchev–Trinajstić information content (AvgIpc) is 2.45. The minimum Gasteiger partial charge on any atom is -0.310 e. The van der Waals surface area contributed by atoms with Crippen molar-refractivity contribution in [1.82, 2.24) is 4.90 Å². The Kier molecular flexibility index (Phi) is 3.27. The molecule has 14 heavy (non-hydrogen) atoms. The quantitative estimate of drug-likeness (QED) is 0.630. The fraction of sp³-hybridized carbons (Fsp3) is 1.00. The Morgan fingerprint density at radius 1 is 1.36 bits per heavy atom. The minimum atomic E-state index is 0.374. The Balaban J connectivity index is 2.72. The van der Waals surface area contributed by atoms with E-state index in [0.717, 1.165) is 6.04 Å². The van der Waals surface area contributed by atoms with E-state index in [0.29, 0.717) is 5.54 Å². The topological polar surface area (TPSA) is 3.24 Å². The molecule has 0 aromatic carbocycles. The first-order valence-corrected chi connectivity index (χ1v) is 5.95. The van der Waals surface area contributed by atoms with Gasteiger partial charge in [0.15, 0.2) is 0 Å². The van der Waals surface area contributed by atoms with Crippen molar-refractivity contribution in [2.24, 2.45) is 0 Å². The monoisotopic (exact) mass is 199 g/mol. The highest BCUT2D eigenvalue weighted by Gasteiger charge is 2.43. The van der Waals surface area contributed by atoms with Gasteiger partial charge in [-0.1, -0.05) is 6.92 Å². The highest BCUT2D eigenvalue weighted by atomic mass is 15.5. The maximum Gasteiger partial charge on any atom is 0.135 e. The second kappa shape index (κ2) is 3.82. The summed E-state index contributed by atoms with van der Waals surface area (Å²) in [5.74, 6) is 0. The largest absolute Gasteiger partial charge is 0.310 e. The zero-order valence-corrected chi connectivity index (χ0v) is 10.8. The van der Waals surface area contributed by atoms with Crippen LogP contribution in [0.4, 0.5) is 0 Å². The van der Waals surface area contributed by atoms with Gasteiger partial charge in [-0.05, 0) is 34.1 Å². The molecule has 1 fully saturated rings. The summed E-state index contributed by atoms with van der Waals surface area (Å²) in [6.07, 6.45) is 1.24. The maximum absolute atomic E-state index is 2.65. The summed E-state index contributed by atoms with van der Waals surface area (Å²) in [7, 11) is 2.39. The van der Waals surface area contributed by atoms with Crippen LogP contribution in [0.5, 0.6) is 0 Å². The molecule has 2 nitrogen and oxygen atoms in total. The summed E-state index contributed by atoms with van der Waals surface area (Å²) in [4.78, 5) is 2.65. The van der Waals surface area contributed by atoms with E-state index < -0.39 is 0 Å². The van der Waals surface area contributed by atoms with Crippen molar-refractivity contribution in [3.63, 3.8) is 0 Å². The lowest BCUT2D eigenvalue weighted by molar-refractivity contribution is -0.921. The van der Waals surface area contributed by atoms with E-state index in [1.807, 2.05) is 0 Å². The molecular weight excluding hydrogens is 172 g/mol. The van der Waals surface area contributed by atoms with Crippen LogP contribution in [-0.4, -0.2) is 47.8 Å². The van der Waals surface area contributed by atoms with Gasteiger partial charge in [0.2, 0.25) is 0 Å². The summed E-state index contributed by atoms with van der Waals surface area (Å²) in [5.41, 5.74) is 0.374. The lowest BCUT2D eigenvalue weighted by Gasteiger charge is -2.36. The molecule has 0 aromatic heterocycles. The number of nitrogens with zero attached hydrogens (tertiary/aromatic N) is 2. The number of rotatable bonds is 3. The Morgan fingerprint density at radius 2 is 1.93 bits per heavy atom. The summed E-state index contributed by atoms with van der Waals surface area (Å²) < 4.78 is 1.21. The van der Waals surface area contributed by atoms with Crippen molar-refractivity contribution >= 4 is 0 Å². The molecule has 0 spiro atoms. The van der Waals surface area contributed by atoms with E-state index in [9.17, 15) is 0 Å². The van der Waals surface area contributed by atoms with Gasteiger partial charge in [0.1, 0.15) is 12.7 Å². The zero-order valence-electron chi connectivity index (χ0n) is 10.8. The van der Waals surface area contributed by atoms with Gasteiger partial charge in [0.05, 0.1) is 20.1 Å². The van der Waals surface area contributed by atoms with Crippen LogP contribution in [0.2, 0.25) is 0 Å². The molecule has 0 radical (unpaired) electrons. The van der Waals surface area contributed by atoms with Crippen LogP contribution < -0.4 is 0 Å². The fourth-order valence-corrected chi connectivity index (χ4v) is 2.18. The van der Waals surface area contributed by atoms with Gasteiger partial charge < -0.3 is 4.48 Å². The Bertz CT molecular complexity index is 200.